The maximum atomic E-state index is 13.7. The van der Waals surface area contributed by atoms with E-state index in [1.54, 1.807) is 7.05 Å². The van der Waals surface area contributed by atoms with Gasteiger partial charge in [0.25, 0.3) is 5.91 Å². The number of amides is 2. The van der Waals surface area contributed by atoms with Crippen molar-refractivity contribution < 1.29 is 22.8 Å². The van der Waals surface area contributed by atoms with Crippen molar-refractivity contribution in [1.29, 1.82) is 0 Å². The van der Waals surface area contributed by atoms with E-state index in [9.17, 15) is 22.8 Å². The van der Waals surface area contributed by atoms with Crippen LogP contribution < -0.4 is 16.0 Å². The van der Waals surface area contributed by atoms with Gasteiger partial charge in [-0.15, -0.1) is 0 Å². The molecule has 0 atom stereocenters. The van der Waals surface area contributed by atoms with Gasteiger partial charge in [-0.1, -0.05) is 95.3 Å². The summed E-state index contributed by atoms with van der Waals surface area (Å²) in [7, 11) is 1.78. The molecule has 0 radical (unpaired) electrons. The van der Waals surface area contributed by atoms with Gasteiger partial charge < -0.3 is 20.9 Å². The molecule has 0 bridgehead atoms. The largest absolute Gasteiger partial charge is 0.405 e. The zero-order chi connectivity index (χ0) is 33.6. The molecule has 45 heavy (non-hydrogen) atoms. The molecule has 0 heterocycles. The first-order valence-electron chi connectivity index (χ1n) is 15.9. The fourth-order valence-corrected chi connectivity index (χ4v) is 5.81. The number of benzene rings is 3. The van der Waals surface area contributed by atoms with Crippen molar-refractivity contribution in [1.82, 2.24) is 15.5 Å². The summed E-state index contributed by atoms with van der Waals surface area (Å²) in [6, 6.07) is 20.6. The smallest absolute Gasteiger partial charge is 0.387 e. The molecule has 0 unspecified atom stereocenters. The van der Waals surface area contributed by atoms with Gasteiger partial charge in [0, 0.05) is 19.3 Å². The number of nitrogens with zero attached hydrogens (tertiary/aromatic N) is 1. The molecule has 2 amide bonds. The molecule has 3 aromatic rings. The molecule has 0 spiro atoms. The minimum Gasteiger partial charge on any atom is -0.387 e. The first kappa shape index (κ1) is 37.3. The van der Waals surface area contributed by atoms with E-state index < -0.39 is 24.0 Å². The first-order valence-corrected chi connectivity index (χ1v) is 15.9. The average molecular weight is 627 g/mol. The maximum Gasteiger partial charge on any atom is 0.405 e. The molecular formula is C36H49F3N4O2. The number of aryl methyl sites for hydroxylation is 1. The lowest BCUT2D eigenvalue weighted by atomic mass is 9.74. The van der Waals surface area contributed by atoms with Crippen LogP contribution in [0.5, 0.6) is 0 Å². The number of carbonyl (C=O) groups excluding carboxylic acids is 2. The Morgan fingerprint density at radius 1 is 0.822 bits per heavy atom. The van der Waals surface area contributed by atoms with Crippen molar-refractivity contribution in [2.24, 2.45) is 0 Å². The highest BCUT2D eigenvalue weighted by molar-refractivity contribution is 6.01. The van der Waals surface area contributed by atoms with Crippen molar-refractivity contribution in [3.05, 3.63) is 89.0 Å². The SMILES string of the molecule is CC.CC.CCN(CCCNC(=O)c1c(C)cccc1NC)CCC1(C(=O)NCC(F)(F)F)c2ccccc2-c2ccccc21. The number of alkyl halides is 3. The van der Waals surface area contributed by atoms with Crippen LogP contribution in [0.3, 0.4) is 0 Å². The summed E-state index contributed by atoms with van der Waals surface area (Å²) in [5, 5.41) is 8.24. The normalized spacial score (nSPS) is 12.5. The van der Waals surface area contributed by atoms with Gasteiger partial charge >= 0.3 is 6.18 Å². The Morgan fingerprint density at radius 3 is 1.93 bits per heavy atom. The predicted molar refractivity (Wildman–Crippen MR) is 179 cm³/mol. The Bertz CT molecular complexity index is 1350. The summed E-state index contributed by atoms with van der Waals surface area (Å²) in [6.45, 7) is 12.8. The lowest BCUT2D eigenvalue weighted by Crippen LogP contribution is -2.48. The van der Waals surface area contributed by atoms with E-state index in [2.05, 4.69) is 20.9 Å². The number of rotatable bonds is 12. The topological polar surface area (TPSA) is 73.5 Å². The van der Waals surface area contributed by atoms with Crippen molar-refractivity contribution in [3.63, 3.8) is 0 Å². The second-order valence-electron chi connectivity index (χ2n) is 10.3. The van der Waals surface area contributed by atoms with Crippen LogP contribution in [0.25, 0.3) is 11.1 Å². The molecule has 0 aromatic heterocycles. The van der Waals surface area contributed by atoms with Crippen LogP contribution in [-0.2, 0) is 10.2 Å². The van der Waals surface area contributed by atoms with Gasteiger partial charge in [-0.2, -0.15) is 13.2 Å². The van der Waals surface area contributed by atoms with E-state index in [0.717, 1.165) is 33.5 Å². The molecule has 4 rings (SSSR count). The molecule has 0 fully saturated rings. The fourth-order valence-electron chi connectivity index (χ4n) is 5.81. The molecule has 0 saturated carbocycles. The van der Waals surface area contributed by atoms with E-state index in [-0.39, 0.29) is 5.91 Å². The van der Waals surface area contributed by atoms with Crippen LogP contribution in [0.4, 0.5) is 18.9 Å². The Morgan fingerprint density at radius 2 is 1.40 bits per heavy atom. The highest BCUT2D eigenvalue weighted by atomic mass is 19.4. The van der Waals surface area contributed by atoms with Crippen molar-refractivity contribution in [3.8, 4) is 11.1 Å². The summed E-state index contributed by atoms with van der Waals surface area (Å²) < 4.78 is 39.4. The Labute approximate surface area is 266 Å². The quantitative estimate of drug-likeness (QED) is 0.181. The number of fused-ring (bicyclic) bond motifs is 3. The highest BCUT2D eigenvalue weighted by Gasteiger charge is 2.49. The van der Waals surface area contributed by atoms with Crippen molar-refractivity contribution in [2.45, 2.75) is 66.0 Å². The second kappa shape index (κ2) is 17.6. The number of hydrogen-bond donors (Lipinski definition) is 3. The molecule has 1 aliphatic carbocycles. The monoisotopic (exact) mass is 626 g/mol. The summed E-state index contributed by atoms with van der Waals surface area (Å²) in [6.07, 6.45) is -3.51. The number of hydrogen-bond acceptors (Lipinski definition) is 4. The van der Waals surface area contributed by atoms with Crippen LogP contribution in [-0.4, -0.2) is 62.7 Å². The van der Waals surface area contributed by atoms with Gasteiger partial charge in [-0.25, -0.2) is 0 Å². The molecule has 3 aromatic carbocycles. The summed E-state index contributed by atoms with van der Waals surface area (Å²) in [5.41, 5.74) is 4.22. The van der Waals surface area contributed by atoms with Gasteiger partial charge in [-0.3, -0.25) is 9.59 Å². The molecule has 6 nitrogen and oxygen atoms in total. The molecule has 0 saturated heterocycles. The number of anilines is 1. The highest BCUT2D eigenvalue weighted by Crippen LogP contribution is 2.51. The van der Waals surface area contributed by atoms with Gasteiger partial charge in [0.15, 0.2) is 0 Å². The van der Waals surface area contributed by atoms with Crippen LogP contribution in [0.1, 0.15) is 74.5 Å². The van der Waals surface area contributed by atoms with Crippen LogP contribution in [0.15, 0.2) is 66.7 Å². The Balaban J connectivity index is 0.00000169. The fraction of sp³-hybridized carbons (Fsp3) is 0.444. The number of nitrogens with one attached hydrogen (secondary N) is 3. The Kier molecular flexibility index (Phi) is 14.6. The minimum atomic E-state index is -4.51. The molecule has 9 heteroatoms. The van der Waals surface area contributed by atoms with Gasteiger partial charge in [0.05, 0.1) is 5.56 Å². The van der Waals surface area contributed by atoms with Crippen LogP contribution in [0, 0.1) is 6.92 Å². The first-order chi connectivity index (χ1) is 21.6. The standard InChI is InChI=1S/C32H37F3N4O2.2C2H6/c1-4-39(19-10-18-37-29(40)28-22(2)11-9-16-27(28)36-3)20-17-31(30(41)38-21-32(33,34)35)25-14-7-5-12-23(25)24-13-6-8-15-26(24)31;2*1-2/h5-9,11-16,36H,4,10,17-21H2,1-3H3,(H,37,40)(H,38,41);2*1-2H3. The summed E-state index contributed by atoms with van der Waals surface area (Å²) in [4.78, 5) is 28.7. The molecule has 246 valence electrons. The Hall–Kier alpha value is -3.85. The molecule has 3 N–H and O–H groups in total. The van der Waals surface area contributed by atoms with Crippen molar-refractivity contribution in [2.75, 3.05) is 45.1 Å². The molecular weight excluding hydrogens is 577 g/mol. The third-order valence-electron chi connectivity index (χ3n) is 7.86. The lowest BCUT2D eigenvalue weighted by Gasteiger charge is -2.33. The number of carbonyl (C=O) groups is 2. The second-order valence-corrected chi connectivity index (χ2v) is 10.3. The van der Waals surface area contributed by atoms with E-state index in [0.29, 0.717) is 44.6 Å². The zero-order valence-electron chi connectivity index (χ0n) is 27.7. The van der Waals surface area contributed by atoms with E-state index in [1.165, 1.54) is 0 Å². The summed E-state index contributed by atoms with van der Waals surface area (Å²) in [5.74, 6) is -0.788. The lowest BCUT2D eigenvalue weighted by molar-refractivity contribution is -0.141. The van der Waals surface area contributed by atoms with Crippen LogP contribution >= 0.6 is 0 Å². The third kappa shape index (κ3) is 8.87. The maximum absolute atomic E-state index is 13.7. The third-order valence-corrected chi connectivity index (χ3v) is 7.86. The zero-order valence-corrected chi connectivity index (χ0v) is 27.7. The van der Waals surface area contributed by atoms with Gasteiger partial charge in [-0.05, 0) is 73.3 Å². The minimum absolute atomic E-state index is 0.144. The molecule has 0 aliphatic heterocycles. The van der Waals surface area contributed by atoms with E-state index in [1.807, 2.05) is 108 Å². The van der Waals surface area contributed by atoms with Gasteiger partial charge in [0.1, 0.15) is 12.0 Å². The van der Waals surface area contributed by atoms with Crippen LogP contribution in [0.2, 0.25) is 0 Å². The number of halogens is 3. The molecule has 1 aliphatic rings. The van der Waals surface area contributed by atoms with Gasteiger partial charge in [0.2, 0.25) is 5.91 Å². The van der Waals surface area contributed by atoms with E-state index in [4.69, 9.17) is 0 Å². The van der Waals surface area contributed by atoms with E-state index >= 15 is 0 Å². The van der Waals surface area contributed by atoms with Crippen molar-refractivity contribution >= 4 is 17.5 Å². The average Bonchev–Trinajstić information content (AvgIpc) is 3.35. The summed E-state index contributed by atoms with van der Waals surface area (Å²) >= 11 is 0. The predicted octanol–water partition coefficient (Wildman–Crippen LogP) is 7.57.